The molecule has 3 nitrogen and oxygen atoms in total. The second kappa shape index (κ2) is 6.84. The highest BCUT2D eigenvalue weighted by Crippen LogP contribution is 2.25. The van der Waals surface area contributed by atoms with E-state index in [-0.39, 0.29) is 11.6 Å². The molecule has 0 radical (unpaired) electrons. The summed E-state index contributed by atoms with van der Waals surface area (Å²) >= 11 is 3.35. The lowest BCUT2D eigenvalue weighted by Gasteiger charge is -2.36. The van der Waals surface area contributed by atoms with Crippen molar-refractivity contribution in [2.24, 2.45) is 0 Å². The quantitative estimate of drug-likeness (QED) is 0.717. The van der Waals surface area contributed by atoms with Crippen LogP contribution in [0.5, 0.6) is 0 Å². The fourth-order valence-electron chi connectivity index (χ4n) is 2.72. The highest BCUT2D eigenvalue weighted by atomic mass is 79.9. The summed E-state index contributed by atoms with van der Waals surface area (Å²) in [5.41, 5.74) is 0.576. The molecule has 7 heteroatoms. The monoisotopic (exact) mass is 398 g/mol. The molecule has 0 unspecified atom stereocenters. The fourth-order valence-corrected chi connectivity index (χ4v) is 3.17. The zero-order valence-corrected chi connectivity index (χ0v) is 14.2. The Kier molecular flexibility index (Phi) is 4.80. The summed E-state index contributed by atoms with van der Waals surface area (Å²) in [6.45, 7) is 1.44. The molecule has 0 atom stereocenters. The Morgan fingerprint density at radius 2 is 1.58 bits per heavy atom. The number of piperazine rings is 1. The molecule has 0 spiro atoms. The Morgan fingerprint density at radius 1 is 0.917 bits per heavy atom. The van der Waals surface area contributed by atoms with Crippen molar-refractivity contribution in [3.05, 3.63) is 63.9 Å². The van der Waals surface area contributed by atoms with Gasteiger partial charge in [0.05, 0.1) is 11.3 Å². The van der Waals surface area contributed by atoms with Crippen LogP contribution in [0.25, 0.3) is 0 Å². The molecule has 0 N–H and O–H groups in total. The Morgan fingerprint density at radius 3 is 2.25 bits per heavy atom. The van der Waals surface area contributed by atoms with Gasteiger partial charge in [0.15, 0.2) is 17.5 Å². The van der Waals surface area contributed by atoms with Gasteiger partial charge < -0.3 is 9.80 Å². The summed E-state index contributed by atoms with van der Waals surface area (Å²) in [5, 5.41) is 0. The van der Waals surface area contributed by atoms with Gasteiger partial charge in [0.25, 0.3) is 5.91 Å². The maximum atomic E-state index is 13.9. The van der Waals surface area contributed by atoms with Crippen LogP contribution < -0.4 is 4.90 Å². The van der Waals surface area contributed by atoms with Crippen LogP contribution in [-0.2, 0) is 0 Å². The zero-order chi connectivity index (χ0) is 17.3. The molecule has 0 saturated carbocycles. The molecule has 24 heavy (non-hydrogen) atoms. The lowest BCUT2D eigenvalue weighted by Crippen LogP contribution is -2.49. The number of benzene rings is 2. The van der Waals surface area contributed by atoms with E-state index in [1.165, 1.54) is 6.07 Å². The number of halogens is 4. The van der Waals surface area contributed by atoms with E-state index in [0.29, 0.717) is 36.2 Å². The van der Waals surface area contributed by atoms with E-state index in [1.807, 2.05) is 6.07 Å². The molecule has 126 valence electrons. The van der Waals surface area contributed by atoms with Gasteiger partial charge in [-0.05, 0) is 40.2 Å². The summed E-state index contributed by atoms with van der Waals surface area (Å²) in [4.78, 5) is 15.8. The van der Waals surface area contributed by atoms with E-state index in [1.54, 1.807) is 28.0 Å². The van der Waals surface area contributed by atoms with Crippen LogP contribution >= 0.6 is 15.9 Å². The van der Waals surface area contributed by atoms with Crippen LogP contribution in [0.3, 0.4) is 0 Å². The predicted molar refractivity (Wildman–Crippen MR) is 88.6 cm³/mol. The second-order valence-corrected chi connectivity index (χ2v) is 6.31. The standard InChI is InChI=1S/C17H14BrF3N2O/c18-12-4-2-1-3-11(12)17(24)23-9-7-22(8-10-23)14-6-5-13(19)15(20)16(14)21/h1-6H,7-10H2. The molecule has 1 amide bonds. The Balaban J connectivity index is 1.71. The molecule has 0 bridgehead atoms. The highest BCUT2D eigenvalue weighted by Gasteiger charge is 2.26. The van der Waals surface area contributed by atoms with Crippen LogP contribution in [0.4, 0.5) is 18.9 Å². The van der Waals surface area contributed by atoms with Gasteiger partial charge >= 0.3 is 0 Å². The summed E-state index contributed by atoms with van der Waals surface area (Å²) < 4.78 is 41.0. The number of carbonyl (C=O) groups excluding carboxylic acids is 1. The Hall–Kier alpha value is -2.02. The van der Waals surface area contributed by atoms with E-state index in [2.05, 4.69) is 15.9 Å². The first-order chi connectivity index (χ1) is 11.5. The molecular formula is C17H14BrF3N2O. The summed E-state index contributed by atoms with van der Waals surface area (Å²) in [7, 11) is 0. The molecule has 0 aromatic heterocycles. The molecule has 2 aromatic rings. The molecule has 1 fully saturated rings. The number of rotatable bonds is 2. The first-order valence-electron chi connectivity index (χ1n) is 7.41. The van der Waals surface area contributed by atoms with Crippen molar-refractivity contribution in [3.63, 3.8) is 0 Å². The van der Waals surface area contributed by atoms with Crippen molar-refractivity contribution in [2.45, 2.75) is 0 Å². The molecule has 1 aliphatic rings. The van der Waals surface area contributed by atoms with Gasteiger partial charge in [-0.15, -0.1) is 0 Å². The first-order valence-corrected chi connectivity index (χ1v) is 8.20. The second-order valence-electron chi connectivity index (χ2n) is 5.45. The van der Waals surface area contributed by atoms with E-state index >= 15 is 0 Å². The van der Waals surface area contributed by atoms with Gasteiger partial charge in [-0.1, -0.05) is 12.1 Å². The smallest absolute Gasteiger partial charge is 0.255 e. The van der Waals surface area contributed by atoms with E-state index < -0.39 is 17.5 Å². The minimum absolute atomic E-state index is 0.0156. The van der Waals surface area contributed by atoms with Crippen molar-refractivity contribution in [1.29, 1.82) is 0 Å². The van der Waals surface area contributed by atoms with Crippen molar-refractivity contribution in [3.8, 4) is 0 Å². The van der Waals surface area contributed by atoms with Crippen molar-refractivity contribution < 1.29 is 18.0 Å². The van der Waals surface area contributed by atoms with Gasteiger partial charge in [0, 0.05) is 30.7 Å². The van der Waals surface area contributed by atoms with Crippen molar-refractivity contribution in [1.82, 2.24) is 4.90 Å². The van der Waals surface area contributed by atoms with Crippen LogP contribution in [-0.4, -0.2) is 37.0 Å². The van der Waals surface area contributed by atoms with Gasteiger partial charge in [-0.25, -0.2) is 13.2 Å². The predicted octanol–water partition coefficient (Wildman–Crippen LogP) is 3.83. The first kappa shape index (κ1) is 16.8. The van der Waals surface area contributed by atoms with Crippen LogP contribution in [0.15, 0.2) is 40.9 Å². The number of hydrogen-bond donors (Lipinski definition) is 0. The number of carbonyl (C=O) groups is 1. The van der Waals surface area contributed by atoms with E-state index in [4.69, 9.17) is 0 Å². The van der Waals surface area contributed by atoms with Gasteiger partial charge in [0.1, 0.15) is 0 Å². The molecule has 0 aliphatic carbocycles. The van der Waals surface area contributed by atoms with Gasteiger partial charge in [-0.2, -0.15) is 0 Å². The summed E-state index contributed by atoms with van der Waals surface area (Å²) in [6.07, 6.45) is 0. The SMILES string of the molecule is O=C(c1ccccc1Br)N1CCN(c2ccc(F)c(F)c2F)CC1. The van der Waals surface area contributed by atoms with E-state index in [9.17, 15) is 18.0 Å². The largest absolute Gasteiger partial charge is 0.366 e. The number of anilines is 1. The third-order valence-electron chi connectivity index (χ3n) is 4.03. The van der Waals surface area contributed by atoms with Crippen molar-refractivity contribution in [2.75, 3.05) is 31.1 Å². The third kappa shape index (κ3) is 3.13. The zero-order valence-electron chi connectivity index (χ0n) is 12.6. The molecule has 2 aromatic carbocycles. The topological polar surface area (TPSA) is 23.6 Å². The van der Waals surface area contributed by atoms with Crippen LogP contribution in [0.1, 0.15) is 10.4 Å². The Labute approximate surface area is 145 Å². The normalized spacial score (nSPS) is 14.8. The van der Waals surface area contributed by atoms with E-state index in [0.717, 1.165) is 6.07 Å². The molecule has 1 saturated heterocycles. The maximum Gasteiger partial charge on any atom is 0.255 e. The average Bonchev–Trinajstić information content (AvgIpc) is 2.60. The minimum atomic E-state index is -1.47. The van der Waals surface area contributed by atoms with Gasteiger partial charge in [-0.3, -0.25) is 4.79 Å². The summed E-state index contributed by atoms with van der Waals surface area (Å²) in [5.74, 6) is -3.99. The van der Waals surface area contributed by atoms with Crippen molar-refractivity contribution >= 4 is 27.5 Å². The number of nitrogens with zero attached hydrogens (tertiary/aromatic N) is 2. The third-order valence-corrected chi connectivity index (χ3v) is 4.72. The average molecular weight is 399 g/mol. The maximum absolute atomic E-state index is 13.9. The molecule has 1 aliphatic heterocycles. The highest BCUT2D eigenvalue weighted by molar-refractivity contribution is 9.10. The number of amides is 1. The lowest BCUT2D eigenvalue weighted by atomic mass is 10.1. The fraction of sp³-hybridized carbons (Fsp3) is 0.235. The molecule has 1 heterocycles. The lowest BCUT2D eigenvalue weighted by molar-refractivity contribution is 0.0745. The minimum Gasteiger partial charge on any atom is -0.366 e. The van der Waals surface area contributed by atoms with Gasteiger partial charge in [0.2, 0.25) is 0 Å². The molecule has 3 rings (SSSR count). The van der Waals surface area contributed by atoms with Crippen LogP contribution in [0, 0.1) is 17.5 Å². The number of hydrogen-bond acceptors (Lipinski definition) is 2. The van der Waals surface area contributed by atoms with Crippen LogP contribution in [0.2, 0.25) is 0 Å². The molecular weight excluding hydrogens is 385 g/mol. The summed E-state index contributed by atoms with van der Waals surface area (Å²) in [6, 6.07) is 9.26. The Bertz CT molecular complexity index is 776.